The maximum absolute atomic E-state index is 13.7. The first kappa shape index (κ1) is 24.4. The van der Waals surface area contributed by atoms with Crippen LogP contribution in [0.2, 0.25) is 10.0 Å². The van der Waals surface area contributed by atoms with Gasteiger partial charge in [0, 0.05) is 30.0 Å². The first-order valence-corrected chi connectivity index (χ1v) is 11.7. The Morgan fingerprint density at radius 1 is 1.00 bits per heavy atom. The number of anilines is 3. The van der Waals surface area contributed by atoms with Gasteiger partial charge in [-0.2, -0.15) is 5.26 Å². The summed E-state index contributed by atoms with van der Waals surface area (Å²) in [5.41, 5.74) is 3.57. The number of nitriles is 1. The molecule has 1 atom stereocenters. The second-order valence-corrected chi connectivity index (χ2v) is 9.03. The number of nitrogens with one attached hydrogen (secondary N) is 2. The average Bonchev–Trinajstić information content (AvgIpc) is 3.31. The number of halogens is 4. The minimum atomic E-state index is -0.558. The lowest BCUT2D eigenvalue weighted by molar-refractivity contribution is 0.626. The highest BCUT2D eigenvalue weighted by Gasteiger charge is 2.20. The van der Waals surface area contributed by atoms with Gasteiger partial charge in [0.05, 0.1) is 39.1 Å². The SMILES string of the molecule is Cn1cc(C(Nc2cc(Cl)c3ncc(C#N)c(Nc4ccc(F)c(Cl)c4)c3c2)c2ccc(F)cc2)nn1. The van der Waals surface area contributed by atoms with E-state index in [0.717, 1.165) is 5.56 Å². The van der Waals surface area contributed by atoms with Crippen molar-refractivity contribution >= 4 is 51.2 Å². The smallest absolute Gasteiger partial charge is 0.141 e. The molecule has 5 aromatic rings. The molecular weight excluding hydrogens is 519 g/mol. The minimum absolute atomic E-state index is 0.0617. The van der Waals surface area contributed by atoms with Gasteiger partial charge in [-0.05, 0) is 48.0 Å². The molecule has 37 heavy (non-hydrogen) atoms. The molecule has 0 radical (unpaired) electrons. The molecule has 184 valence electrons. The Hall–Kier alpha value is -4.26. The molecule has 0 saturated carbocycles. The summed E-state index contributed by atoms with van der Waals surface area (Å²) in [6.45, 7) is 0. The molecule has 3 aromatic carbocycles. The van der Waals surface area contributed by atoms with Gasteiger partial charge in [0.25, 0.3) is 0 Å². The molecule has 0 aliphatic carbocycles. The number of aryl methyl sites for hydroxylation is 1. The Morgan fingerprint density at radius 2 is 1.76 bits per heavy atom. The van der Waals surface area contributed by atoms with E-state index < -0.39 is 11.9 Å². The van der Waals surface area contributed by atoms with Gasteiger partial charge in [0.15, 0.2) is 0 Å². The van der Waals surface area contributed by atoms with Gasteiger partial charge in [0.1, 0.15) is 23.4 Å². The predicted molar refractivity (Wildman–Crippen MR) is 139 cm³/mol. The van der Waals surface area contributed by atoms with Crippen LogP contribution >= 0.6 is 23.2 Å². The Bertz CT molecular complexity index is 1660. The topological polar surface area (TPSA) is 91.5 Å². The van der Waals surface area contributed by atoms with Crippen molar-refractivity contribution in [2.75, 3.05) is 10.6 Å². The van der Waals surface area contributed by atoms with Crippen LogP contribution in [0, 0.1) is 23.0 Å². The zero-order valence-corrected chi connectivity index (χ0v) is 20.7. The van der Waals surface area contributed by atoms with E-state index >= 15 is 0 Å². The summed E-state index contributed by atoms with van der Waals surface area (Å²) in [5, 5.41) is 25.4. The van der Waals surface area contributed by atoms with E-state index in [4.69, 9.17) is 23.2 Å². The molecule has 7 nitrogen and oxygen atoms in total. The third-order valence-corrected chi connectivity index (χ3v) is 6.24. The van der Waals surface area contributed by atoms with E-state index in [2.05, 4.69) is 32.0 Å². The first-order valence-electron chi connectivity index (χ1n) is 10.9. The summed E-state index contributed by atoms with van der Waals surface area (Å²) in [5.74, 6) is -0.917. The zero-order chi connectivity index (χ0) is 26.1. The van der Waals surface area contributed by atoms with Crippen molar-refractivity contribution < 1.29 is 8.78 Å². The van der Waals surface area contributed by atoms with Gasteiger partial charge in [-0.15, -0.1) is 5.10 Å². The van der Waals surface area contributed by atoms with Crippen molar-refractivity contribution in [3.8, 4) is 6.07 Å². The van der Waals surface area contributed by atoms with Crippen molar-refractivity contribution in [3.05, 3.63) is 105 Å². The monoisotopic (exact) mass is 535 g/mol. The van der Waals surface area contributed by atoms with Crippen molar-refractivity contribution in [1.82, 2.24) is 20.0 Å². The molecule has 2 heterocycles. The predicted octanol–water partition coefficient (Wildman–Crippen LogP) is 6.77. The van der Waals surface area contributed by atoms with Crippen molar-refractivity contribution in [2.24, 2.45) is 7.05 Å². The summed E-state index contributed by atoms with van der Waals surface area (Å²) in [6, 6.07) is 15.3. The fraction of sp³-hybridized carbons (Fsp3) is 0.0769. The maximum atomic E-state index is 13.7. The lowest BCUT2D eigenvalue weighted by Gasteiger charge is -2.20. The van der Waals surface area contributed by atoms with E-state index in [9.17, 15) is 14.0 Å². The minimum Gasteiger partial charge on any atom is -0.373 e. The zero-order valence-electron chi connectivity index (χ0n) is 19.2. The number of rotatable bonds is 6. The summed E-state index contributed by atoms with van der Waals surface area (Å²) in [4.78, 5) is 4.36. The van der Waals surface area contributed by atoms with Crippen LogP contribution in [0.3, 0.4) is 0 Å². The Balaban J connectivity index is 1.61. The molecule has 0 saturated heterocycles. The fourth-order valence-electron chi connectivity index (χ4n) is 3.93. The van der Waals surface area contributed by atoms with E-state index in [1.54, 1.807) is 42.2 Å². The second kappa shape index (κ2) is 10.0. The Labute approximate surface area is 220 Å². The number of hydrogen-bond acceptors (Lipinski definition) is 6. The van der Waals surface area contributed by atoms with E-state index in [1.807, 2.05) is 0 Å². The van der Waals surface area contributed by atoms with E-state index in [1.165, 1.54) is 36.5 Å². The number of nitrogens with zero attached hydrogens (tertiary/aromatic N) is 5. The van der Waals surface area contributed by atoms with Gasteiger partial charge in [-0.3, -0.25) is 9.67 Å². The van der Waals surface area contributed by atoms with Crippen LogP contribution in [0.5, 0.6) is 0 Å². The van der Waals surface area contributed by atoms with Crippen LogP contribution in [0.15, 0.2) is 67.0 Å². The molecule has 0 aliphatic heterocycles. The summed E-state index contributed by atoms with van der Waals surface area (Å²) in [7, 11) is 1.75. The van der Waals surface area contributed by atoms with E-state index in [0.29, 0.717) is 38.7 Å². The summed E-state index contributed by atoms with van der Waals surface area (Å²) < 4.78 is 28.9. The van der Waals surface area contributed by atoms with E-state index in [-0.39, 0.29) is 16.4 Å². The highest BCUT2D eigenvalue weighted by Crippen LogP contribution is 2.37. The van der Waals surface area contributed by atoms with Crippen molar-refractivity contribution in [2.45, 2.75) is 6.04 Å². The highest BCUT2D eigenvalue weighted by atomic mass is 35.5. The third kappa shape index (κ3) is 5.03. The second-order valence-electron chi connectivity index (χ2n) is 8.21. The van der Waals surface area contributed by atoms with Gasteiger partial charge in [0.2, 0.25) is 0 Å². The normalized spacial score (nSPS) is 11.8. The van der Waals surface area contributed by atoms with Gasteiger partial charge in [-0.25, -0.2) is 8.78 Å². The summed E-state index contributed by atoms with van der Waals surface area (Å²) in [6.07, 6.45) is 3.17. The molecule has 0 amide bonds. The number of fused-ring (bicyclic) bond motifs is 1. The lowest BCUT2D eigenvalue weighted by atomic mass is 10.0. The van der Waals surface area contributed by atoms with Crippen LogP contribution in [-0.4, -0.2) is 20.0 Å². The van der Waals surface area contributed by atoms with Crippen LogP contribution in [0.4, 0.5) is 25.8 Å². The number of aromatic nitrogens is 4. The van der Waals surface area contributed by atoms with Gasteiger partial charge < -0.3 is 10.6 Å². The highest BCUT2D eigenvalue weighted by molar-refractivity contribution is 6.36. The Kier molecular flexibility index (Phi) is 6.61. The fourth-order valence-corrected chi connectivity index (χ4v) is 4.38. The molecule has 2 aromatic heterocycles. The van der Waals surface area contributed by atoms with Gasteiger partial charge >= 0.3 is 0 Å². The molecule has 0 aliphatic rings. The van der Waals surface area contributed by atoms with Crippen LogP contribution in [0.1, 0.15) is 22.9 Å². The van der Waals surface area contributed by atoms with Crippen molar-refractivity contribution in [3.63, 3.8) is 0 Å². The van der Waals surface area contributed by atoms with Crippen molar-refractivity contribution in [1.29, 1.82) is 5.26 Å². The van der Waals surface area contributed by atoms with Crippen LogP contribution < -0.4 is 10.6 Å². The molecule has 0 bridgehead atoms. The first-order chi connectivity index (χ1) is 17.8. The van der Waals surface area contributed by atoms with Crippen LogP contribution in [0.25, 0.3) is 10.9 Å². The molecule has 5 rings (SSSR count). The number of benzene rings is 3. The standard InChI is InChI=1S/C26H17Cl2F2N7/c1-37-13-23(35-36-37)25(14-2-4-16(29)5-3-14)34-18-8-19-24(33-17-6-7-22(30)20(27)9-17)15(11-31)12-32-26(19)21(28)10-18/h2-10,12-13,25,34H,1H3,(H,32,33). The largest absolute Gasteiger partial charge is 0.373 e. The molecule has 11 heteroatoms. The molecular formula is C26H17Cl2F2N7. The van der Waals surface area contributed by atoms with Crippen LogP contribution in [-0.2, 0) is 7.05 Å². The third-order valence-electron chi connectivity index (χ3n) is 5.66. The Morgan fingerprint density at radius 3 is 2.43 bits per heavy atom. The molecule has 1 unspecified atom stereocenters. The lowest BCUT2D eigenvalue weighted by Crippen LogP contribution is -2.13. The molecule has 0 fully saturated rings. The number of hydrogen-bond donors (Lipinski definition) is 2. The van der Waals surface area contributed by atoms with Gasteiger partial charge in [-0.1, -0.05) is 40.5 Å². The number of pyridine rings is 1. The average molecular weight is 536 g/mol. The summed E-state index contributed by atoms with van der Waals surface area (Å²) >= 11 is 12.6. The molecule has 2 N–H and O–H groups in total. The quantitative estimate of drug-likeness (QED) is 0.249. The molecule has 0 spiro atoms. The maximum Gasteiger partial charge on any atom is 0.141 e.